The zero-order valence-electron chi connectivity index (χ0n) is 84.3. The van der Waals surface area contributed by atoms with Gasteiger partial charge in [0.05, 0.1) is 101 Å². The molecule has 53 heteroatoms. The molecule has 0 aliphatic carbocycles. The Bertz CT molecular complexity index is 3900. The van der Waals surface area contributed by atoms with Crippen LogP contribution in [0.15, 0.2) is 0 Å². The van der Waals surface area contributed by atoms with Gasteiger partial charge < -0.3 is 226 Å². The van der Waals surface area contributed by atoms with Gasteiger partial charge in [-0.1, -0.05) is 168 Å². The van der Waals surface area contributed by atoms with Crippen LogP contribution in [-0.2, 0) is 105 Å². The van der Waals surface area contributed by atoms with Gasteiger partial charge in [-0.25, -0.2) is 14.4 Å². The minimum absolute atomic E-state index is 0.0433. The first kappa shape index (κ1) is 128. The summed E-state index contributed by atoms with van der Waals surface area (Å²) < 4.78 is 83.6. The van der Waals surface area contributed by atoms with Crippen molar-refractivity contribution in [3.8, 4) is 0 Å². The van der Waals surface area contributed by atoms with Gasteiger partial charge >= 0.3 is 17.9 Å². The number of carboxylic acids is 3. The molecule has 0 aromatic heterocycles. The van der Waals surface area contributed by atoms with Crippen molar-refractivity contribution in [3.63, 3.8) is 0 Å². The molecule has 0 aromatic rings. The van der Waals surface area contributed by atoms with E-state index in [4.69, 9.17) is 66.3 Å². The SMILES string of the molecule is CCCCCCCCCCCCCCCCCC(=O)NC(COC1OC(CO)C(OC2OC(CO)C(O)C(OC3OC(CO)C(O)C(OC4(C(=O)O)CC(O)C(NC(C)=O)C(C(O)C(CO)OC5OC(CO)C(OC6(C(=O)O)CC(O)C(NC(C)=O)C(C(O)C(O)CO)O6)C(OC6(C(=O)O)CC(O)C(NC(C)=O)C(C(O)C(O)CO)O6)C5O)O4)C3NC(C)=O)C2O)C(O)C1O)C(O)C(O)CCCCCCCCCCC(C)C. The van der Waals surface area contributed by atoms with Gasteiger partial charge in [0, 0.05) is 53.4 Å². The smallest absolute Gasteiger partial charge is 0.364 e. The molecule has 147 heavy (non-hydrogen) atoms. The van der Waals surface area contributed by atoms with E-state index in [1.165, 1.54) is 51.4 Å². The third kappa shape index (κ3) is 35.7. The van der Waals surface area contributed by atoms with Crippen LogP contribution in [0.25, 0.3) is 0 Å². The molecule has 7 saturated heterocycles. The molecule has 854 valence electrons. The lowest BCUT2D eigenvalue weighted by atomic mass is 9.87. The van der Waals surface area contributed by atoms with E-state index in [1.807, 2.05) is 0 Å². The number of carbonyl (C=O) groups excluding carboxylic acids is 5. The zero-order chi connectivity index (χ0) is 109. The first-order valence-corrected chi connectivity index (χ1v) is 51.1. The van der Waals surface area contributed by atoms with E-state index in [9.17, 15) is 171 Å². The second kappa shape index (κ2) is 62.1. The van der Waals surface area contributed by atoms with Crippen molar-refractivity contribution in [2.45, 2.75) is 484 Å². The largest absolute Gasteiger partial charge is 0.477 e. The summed E-state index contributed by atoms with van der Waals surface area (Å²) in [6.45, 7) is -0.143. The Morgan fingerprint density at radius 1 is 0.361 bits per heavy atom. The van der Waals surface area contributed by atoms with Gasteiger partial charge in [-0.3, -0.25) is 24.0 Å². The number of hydrogen-bond acceptors (Lipinski definition) is 45. The van der Waals surface area contributed by atoms with Crippen LogP contribution in [0.1, 0.15) is 235 Å². The van der Waals surface area contributed by atoms with Crippen molar-refractivity contribution in [3.05, 3.63) is 0 Å². The number of hydrogen-bond donors (Lipinski definition) is 31. The summed E-state index contributed by atoms with van der Waals surface area (Å²) in [5, 5.41) is 309. The molecule has 0 radical (unpaired) electrons. The zero-order valence-corrected chi connectivity index (χ0v) is 84.3. The second-order valence-electron chi connectivity index (χ2n) is 39.8. The Balaban J connectivity index is 1.15. The van der Waals surface area contributed by atoms with Crippen LogP contribution < -0.4 is 26.6 Å². The van der Waals surface area contributed by atoms with E-state index in [2.05, 4.69) is 47.4 Å². The molecule has 5 amide bonds. The third-order valence-corrected chi connectivity index (χ3v) is 27.7. The van der Waals surface area contributed by atoms with Crippen molar-refractivity contribution in [1.29, 1.82) is 0 Å². The molecule has 53 nitrogen and oxygen atoms in total. The first-order chi connectivity index (χ1) is 69.6. The van der Waals surface area contributed by atoms with Gasteiger partial charge in [-0.2, -0.15) is 0 Å². The van der Waals surface area contributed by atoms with Gasteiger partial charge in [-0.05, 0) is 18.8 Å². The topological polar surface area (TPSA) is 852 Å². The number of carboxylic acid groups (broad SMARTS) is 3. The predicted molar refractivity (Wildman–Crippen MR) is 498 cm³/mol. The molecule has 7 aliphatic heterocycles. The number of nitrogens with one attached hydrogen (secondary N) is 5. The number of rotatable bonds is 65. The Morgan fingerprint density at radius 3 is 1.12 bits per heavy atom. The minimum atomic E-state index is -3.68. The second-order valence-corrected chi connectivity index (χ2v) is 39.8. The molecule has 41 unspecified atom stereocenters. The Labute approximate surface area is 851 Å². The number of aliphatic hydroxyl groups is 23. The highest BCUT2D eigenvalue weighted by Crippen LogP contribution is 2.46. The van der Waals surface area contributed by atoms with Crippen molar-refractivity contribution >= 4 is 47.4 Å². The summed E-state index contributed by atoms with van der Waals surface area (Å²) >= 11 is 0. The van der Waals surface area contributed by atoms with Crippen LogP contribution in [0.3, 0.4) is 0 Å². The highest BCUT2D eigenvalue weighted by atomic mass is 16.8. The van der Waals surface area contributed by atoms with Crippen LogP contribution in [0, 0.1) is 5.92 Å². The highest BCUT2D eigenvalue weighted by Gasteiger charge is 2.67. The summed E-state index contributed by atoms with van der Waals surface area (Å²) in [6, 6.07) is -9.64. The van der Waals surface area contributed by atoms with Gasteiger partial charge in [0.15, 0.2) is 25.2 Å². The van der Waals surface area contributed by atoms with E-state index in [0.717, 1.165) is 118 Å². The van der Waals surface area contributed by atoms with Crippen molar-refractivity contribution in [1.82, 2.24) is 26.6 Å². The fourth-order valence-electron chi connectivity index (χ4n) is 19.6. The Morgan fingerprint density at radius 2 is 0.714 bits per heavy atom. The number of amides is 5. The summed E-state index contributed by atoms with van der Waals surface area (Å²) in [5.41, 5.74) is 0. The molecule has 0 saturated carbocycles. The number of ether oxygens (including phenoxy) is 14. The maximum absolute atomic E-state index is 14.3. The van der Waals surface area contributed by atoms with Crippen LogP contribution in [0.4, 0.5) is 0 Å². The number of aliphatic carboxylic acids is 3. The lowest BCUT2D eigenvalue weighted by Gasteiger charge is -2.53. The molecule has 31 N–H and O–H groups in total. The molecule has 7 heterocycles. The number of aliphatic hydroxyl groups excluding tert-OH is 23. The standard InChI is InChI=1S/C94H165N5O48/c1-8-9-10-11-12-13-14-15-16-17-18-19-24-27-30-33-62(117)99-50(67(118)51(111)32-29-26-23-21-20-22-25-28-31-45(2)3)44-134-86-74(125)73(124)77(60(42-105)138-86)140-88-75(126)83(72(123)59(41-104)137-88)141-85-66(98-49(7)110)82(71(122)57(39-102)135-85)146-93(90(130)131)35-54(114)65(97-48(6)109)81(145-93)70(121)58(40-103)136-87-76(127)84(147-94(91(132)133)36-53(113)64(96-47(5)108)80(144-94)69(120)56(116)38-101)78(61(43-106)139-87)142-92(89(128)129)34-52(112)63(95-46(4)107)79(143-92)68(119)55(115)37-100/h45,50-61,63-88,100-106,111-116,118-127H,8-44H2,1-7H3,(H,95,107)(H,96,108)(H,97,109)(H,98,110)(H,99,117)(H,128,129)(H,130,131)(H,132,133). The summed E-state index contributed by atoms with van der Waals surface area (Å²) in [7, 11) is 0. The van der Waals surface area contributed by atoms with Crippen molar-refractivity contribution in [2.24, 2.45) is 5.92 Å². The predicted octanol–water partition coefficient (Wildman–Crippen LogP) is -8.03. The molecule has 0 spiro atoms. The summed E-state index contributed by atoms with van der Waals surface area (Å²) in [4.78, 5) is 108. The van der Waals surface area contributed by atoms with Gasteiger partial charge in [0.25, 0.3) is 17.4 Å². The monoisotopic (exact) mass is 2130 g/mol. The van der Waals surface area contributed by atoms with E-state index in [1.54, 1.807) is 0 Å². The van der Waals surface area contributed by atoms with Crippen LogP contribution in [0.5, 0.6) is 0 Å². The molecular weight excluding hydrogens is 1970 g/mol. The van der Waals surface area contributed by atoms with Crippen molar-refractivity contribution in [2.75, 3.05) is 52.9 Å². The van der Waals surface area contributed by atoms with Gasteiger partial charge in [0.2, 0.25) is 29.5 Å². The van der Waals surface area contributed by atoms with E-state index < -0.39 is 369 Å². The van der Waals surface area contributed by atoms with E-state index >= 15 is 0 Å². The van der Waals surface area contributed by atoms with Crippen molar-refractivity contribution < 1.29 is 237 Å². The lowest BCUT2D eigenvalue weighted by Crippen LogP contribution is -2.73. The van der Waals surface area contributed by atoms with Crippen LogP contribution in [-0.4, -0.2) is 483 Å². The van der Waals surface area contributed by atoms with Crippen LogP contribution >= 0.6 is 0 Å². The normalized spacial score (nSPS) is 35.7. The third-order valence-electron chi connectivity index (χ3n) is 27.7. The molecule has 41 atom stereocenters. The maximum Gasteiger partial charge on any atom is 0.364 e. The highest BCUT2D eigenvalue weighted by molar-refractivity contribution is 5.79. The fraction of sp³-hybridized carbons (Fsp3) is 0.915. The van der Waals surface area contributed by atoms with E-state index in [0.29, 0.717) is 18.8 Å². The van der Waals surface area contributed by atoms with Gasteiger partial charge in [-0.15, -0.1) is 0 Å². The Kier molecular flexibility index (Phi) is 54.2. The maximum atomic E-state index is 14.3. The quantitative estimate of drug-likeness (QED) is 0.0252. The molecular formula is C94H165N5O48. The Hall–Kier alpha value is -5.72. The molecule has 7 rings (SSSR count). The molecule has 0 bridgehead atoms. The molecule has 7 fully saturated rings. The fourth-order valence-corrected chi connectivity index (χ4v) is 19.6. The lowest BCUT2D eigenvalue weighted by molar-refractivity contribution is -0.404. The number of carbonyl (C=O) groups is 8. The molecule has 0 aromatic carbocycles. The van der Waals surface area contributed by atoms with Gasteiger partial charge in [0.1, 0.15) is 159 Å². The average molecular weight is 2130 g/mol. The minimum Gasteiger partial charge on any atom is -0.477 e. The van der Waals surface area contributed by atoms with Crippen LogP contribution in [0.2, 0.25) is 0 Å². The number of unbranched alkanes of at least 4 members (excludes halogenated alkanes) is 21. The van der Waals surface area contributed by atoms with E-state index in [-0.39, 0.29) is 12.8 Å². The summed E-state index contributed by atoms with van der Waals surface area (Å²) in [6.07, 6.45) is -56.3. The first-order valence-electron chi connectivity index (χ1n) is 51.1. The molecule has 7 aliphatic rings. The summed E-state index contributed by atoms with van der Waals surface area (Å²) in [5.74, 6) is -22.1. The average Bonchev–Trinajstić information content (AvgIpc) is 0.736.